The van der Waals surface area contributed by atoms with Crippen molar-refractivity contribution in [3.8, 4) is 0 Å². The summed E-state index contributed by atoms with van der Waals surface area (Å²) < 4.78 is 11.6. The normalized spacial score (nSPS) is 29.5. The number of hydrogen-bond donors (Lipinski definition) is 1. The molecule has 0 bridgehead atoms. The lowest BCUT2D eigenvalue weighted by atomic mass is 10.1. The maximum Gasteiger partial charge on any atom is 0.180 e. The Kier molecular flexibility index (Phi) is 4.10. The summed E-state index contributed by atoms with van der Waals surface area (Å²) in [4.78, 5) is 6.78. The molecule has 6 heteroatoms. The highest BCUT2D eigenvalue weighted by Gasteiger charge is 2.27. The number of nitrogens with one attached hydrogen (secondary N) is 1. The number of rotatable bonds is 3. The molecule has 0 amide bonds. The van der Waals surface area contributed by atoms with E-state index in [2.05, 4.69) is 20.1 Å². The molecule has 3 rings (SSSR count). The zero-order valence-electron chi connectivity index (χ0n) is 11.5. The van der Waals surface area contributed by atoms with Gasteiger partial charge < -0.3 is 9.47 Å². The van der Waals surface area contributed by atoms with Gasteiger partial charge in [-0.05, 0) is 26.2 Å². The quantitative estimate of drug-likeness (QED) is 0.886. The number of nitrogens with zero attached hydrogens (tertiary/aromatic N) is 3. The van der Waals surface area contributed by atoms with Crippen LogP contribution in [0, 0.1) is 6.92 Å². The second-order valence-corrected chi connectivity index (χ2v) is 5.39. The fraction of sp³-hybridized carbons (Fsp3) is 0.846. The maximum absolute atomic E-state index is 5.81. The molecule has 0 spiro atoms. The van der Waals surface area contributed by atoms with Crippen LogP contribution < -0.4 is 0 Å². The molecule has 0 saturated carbocycles. The highest BCUT2D eigenvalue weighted by atomic mass is 16.5. The summed E-state index contributed by atoms with van der Waals surface area (Å²) in [6.45, 7) is 6.40. The van der Waals surface area contributed by atoms with Gasteiger partial charge in [0.2, 0.25) is 0 Å². The standard InChI is InChI=1S/C13H22N4O2/c1-10-14-13(16-15-10)12-9-17(5-7-19-12)8-11-4-2-3-6-18-11/h11-12H,2-9H2,1H3,(H,14,15,16)/t11-,12-/m0/s1. The van der Waals surface area contributed by atoms with Crippen LogP contribution in [0.5, 0.6) is 0 Å². The fourth-order valence-electron chi connectivity index (χ4n) is 2.77. The molecule has 2 fully saturated rings. The Hall–Kier alpha value is -0.980. The second kappa shape index (κ2) is 5.98. The highest BCUT2D eigenvalue weighted by molar-refractivity contribution is 4.95. The van der Waals surface area contributed by atoms with Crippen LogP contribution in [0.25, 0.3) is 0 Å². The van der Waals surface area contributed by atoms with Gasteiger partial charge in [-0.15, -0.1) is 0 Å². The summed E-state index contributed by atoms with van der Waals surface area (Å²) in [6, 6.07) is 0. The molecule has 1 aromatic heterocycles. The van der Waals surface area contributed by atoms with Gasteiger partial charge in [0.05, 0.1) is 12.7 Å². The molecule has 0 radical (unpaired) electrons. The summed E-state index contributed by atoms with van der Waals surface area (Å²) in [7, 11) is 0. The summed E-state index contributed by atoms with van der Waals surface area (Å²) in [5, 5.41) is 7.08. The minimum absolute atomic E-state index is 0.0118. The van der Waals surface area contributed by atoms with Crippen LogP contribution in [-0.2, 0) is 9.47 Å². The summed E-state index contributed by atoms with van der Waals surface area (Å²) in [6.07, 6.45) is 4.06. The topological polar surface area (TPSA) is 63.3 Å². The van der Waals surface area contributed by atoms with E-state index in [0.29, 0.717) is 6.10 Å². The Morgan fingerprint density at radius 3 is 3.00 bits per heavy atom. The van der Waals surface area contributed by atoms with E-state index in [1.807, 2.05) is 6.92 Å². The van der Waals surface area contributed by atoms with Gasteiger partial charge in [0.25, 0.3) is 0 Å². The first-order valence-corrected chi connectivity index (χ1v) is 7.16. The number of aromatic nitrogens is 3. The summed E-state index contributed by atoms with van der Waals surface area (Å²) in [5.41, 5.74) is 0. The number of hydrogen-bond acceptors (Lipinski definition) is 5. The SMILES string of the molecule is Cc1nc([C@@H]2CN(C[C@@H]3CCCCO3)CCO2)n[nH]1. The average Bonchev–Trinajstić information content (AvgIpc) is 2.87. The average molecular weight is 266 g/mol. The molecule has 2 aliphatic heterocycles. The smallest absolute Gasteiger partial charge is 0.180 e. The minimum atomic E-state index is -0.0118. The van der Waals surface area contributed by atoms with Gasteiger partial charge in [-0.25, -0.2) is 4.98 Å². The Morgan fingerprint density at radius 1 is 1.32 bits per heavy atom. The van der Waals surface area contributed by atoms with E-state index >= 15 is 0 Å². The van der Waals surface area contributed by atoms with Crippen LogP contribution in [0.15, 0.2) is 0 Å². The first kappa shape index (κ1) is 13.0. The number of aromatic amines is 1. The molecule has 2 aliphatic rings. The Morgan fingerprint density at radius 2 is 2.26 bits per heavy atom. The van der Waals surface area contributed by atoms with Crippen molar-refractivity contribution in [1.29, 1.82) is 0 Å². The molecular formula is C13H22N4O2. The van der Waals surface area contributed by atoms with Crippen molar-refractivity contribution in [2.45, 2.75) is 38.4 Å². The zero-order valence-corrected chi connectivity index (χ0v) is 11.5. The lowest BCUT2D eigenvalue weighted by Crippen LogP contribution is -2.43. The van der Waals surface area contributed by atoms with Crippen molar-refractivity contribution in [1.82, 2.24) is 20.1 Å². The van der Waals surface area contributed by atoms with Crippen LogP contribution in [0.2, 0.25) is 0 Å². The predicted molar refractivity (Wildman–Crippen MR) is 69.8 cm³/mol. The first-order valence-electron chi connectivity index (χ1n) is 7.16. The third-order valence-electron chi connectivity index (χ3n) is 3.79. The van der Waals surface area contributed by atoms with Gasteiger partial charge in [-0.1, -0.05) is 0 Å². The number of aryl methyl sites for hydroxylation is 1. The van der Waals surface area contributed by atoms with Gasteiger partial charge >= 0.3 is 0 Å². The van der Waals surface area contributed by atoms with Gasteiger partial charge in [0.1, 0.15) is 11.9 Å². The lowest BCUT2D eigenvalue weighted by molar-refractivity contribution is -0.0636. The largest absolute Gasteiger partial charge is 0.377 e. The van der Waals surface area contributed by atoms with E-state index < -0.39 is 0 Å². The Labute approximate surface area is 113 Å². The molecule has 0 aliphatic carbocycles. The highest BCUT2D eigenvalue weighted by Crippen LogP contribution is 2.21. The third-order valence-corrected chi connectivity index (χ3v) is 3.79. The van der Waals surface area contributed by atoms with Crippen molar-refractivity contribution in [3.05, 3.63) is 11.6 Å². The fourth-order valence-corrected chi connectivity index (χ4v) is 2.77. The molecule has 0 aromatic carbocycles. The second-order valence-electron chi connectivity index (χ2n) is 5.39. The van der Waals surface area contributed by atoms with Crippen LogP contribution >= 0.6 is 0 Å². The Balaban J connectivity index is 1.55. The predicted octanol–water partition coefficient (Wildman–Crippen LogP) is 1.06. The minimum Gasteiger partial charge on any atom is -0.377 e. The number of morpholine rings is 1. The van der Waals surface area contributed by atoms with E-state index in [-0.39, 0.29) is 6.10 Å². The molecule has 1 aromatic rings. The number of ether oxygens (including phenoxy) is 2. The molecular weight excluding hydrogens is 244 g/mol. The van der Waals surface area contributed by atoms with Crippen molar-refractivity contribution < 1.29 is 9.47 Å². The van der Waals surface area contributed by atoms with Crippen LogP contribution in [0.3, 0.4) is 0 Å². The van der Waals surface area contributed by atoms with Gasteiger partial charge in [0.15, 0.2) is 5.82 Å². The molecule has 3 heterocycles. The molecule has 6 nitrogen and oxygen atoms in total. The van der Waals surface area contributed by atoms with Crippen molar-refractivity contribution in [3.63, 3.8) is 0 Å². The molecule has 1 N–H and O–H groups in total. The third kappa shape index (κ3) is 3.32. The first-order chi connectivity index (χ1) is 9.31. The van der Waals surface area contributed by atoms with Crippen molar-refractivity contribution in [2.75, 3.05) is 32.8 Å². The maximum atomic E-state index is 5.81. The Bertz CT molecular complexity index is 403. The van der Waals surface area contributed by atoms with Crippen molar-refractivity contribution >= 4 is 0 Å². The van der Waals surface area contributed by atoms with Crippen LogP contribution in [0.1, 0.15) is 37.0 Å². The van der Waals surface area contributed by atoms with E-state index in [1.165, 1.54) is 19.3 Å². The summed E-state index contributed by atoms with van der Waals surface area (Å²) >= 11 is 0. The molecule has 19 heavy (non-hydrogen) atoms. The molecule has 2 atom stereocenters. The van der Waals surface area contributed by atoms with Crippen LogP contribution in [0.4, 0.5) is 0 Å². The molecule has 2 saturated heterocycles. The van der Waals surface area contributed by atoms with Gasteiger partial charge in [-0.3, -0.25) is 10.00 Å². The molecule has 0 unspecified atom stereocenters. The van der Waals surface area contributed by atoms with Crippen LogP contribution in [-0.4, -0.2) is 59.0 Å². The molecule has 106 valence electrons. The van der Waals surface area contributed by atoms with E-state index in [9.17, 15) is 0 Å². The van der Waals surface area contributed by atoms with E-state index in [4.69, 9.17) is 9.47 Å². The summed E-state index contributed by atoms with van der Waals surface area (Å²) in [5.74, 6) is 1.61. The zero-order chi connectivity index (χ0) is 13.1. The van der Waals surface area contributed by atoms with E-state index in [1.54, 1.807) is 0 Å². The van der Waals surface area contributed by atoms with Gasteiger partial charge in [-0.2, -0.15) is 5.10 Å². The van der Waals surface area contributed by atoms with Gasteiger partial charge in [0, 0.05) is 26.2 Å². The van der Waals surface area contributed by atoms with Crippen molar-refractivity contribution in [2.24, 2.45) is 0 Å². The number of H-pyrrole nitrogens is 1. The van der Waals surface area contributed by atoms with E-state index in [0.717, 1.165) is 44.5 Å². The lowest BCUT2D eigenvalue weighted by Gasteiger charge is -2.35. The monoisotopic (exact) mass is 266 g/mol.